The number of halogens is 2. The molecule has 0 saturated carbocycles. The van der Waals surface area contributed by atoms with Gasteiger partial charge in [-0.1, -0.05) is 0 Å². The van der Waals surface area contributed by atoms with Gasteiger partial charge in [0.2, 0.25) is 10.0 Å². The molecule has 0 radical (unpaired) electrons. The van der Waals surface area contributed by atoms with Gasteiger partial charge < -0.3 is 0 Å². The Hall–Kier alpha value is -0.650. The minimum atomic E-state index is -3.65. The summed E-state index contributed by atoms with van der Waals surface area (Å²) >= 11 is 5.62. The Morgan fingerprint density at radius 1 is 1.31 bits per heavy atom. The molecule has 1 aromatic rings. The fourth-order valence-electron chi connectivity index (χ4n) is 1.06. The first kappa shape index (κ1) is 13.4. The van der Waals surface area contributed by atoms with Crippen LogP contribution >= 0.6 is 11.6 Å². The van der Waals surface area contributed by atoms with Gasteiger partial charge in [0, 0.05) is 11.4 Å². The first-order valence-corrected chi connectivity index (χ1v) is 6.64. The fourth-order valence-corrected chi connectivity index (χ4v) is 2.62. The quantitative estimate of drug-likeness (QED) is 0.848. The third-order valence-electron chi connectivity index (χ3n) is 1.87. The number of rotatable bonds is 4. The molecule has 0 aliphatic heterocycles. The van der Waals surface area contributed by atoms with Gasteiger partial charge in [-0.05, 0) is 38.1 Å². The normalized spacial score (nSPS) is 12.8. The van der Waals surface area contributed by atoms with Crippen molar-refractivity contribution < 1.29 is 12.8 Å². The second-order valence-electron chi connectivity index (χ2n) is 4.08. The van der Waals surface area contributed by atoms with Gasteiger partial charge in [-0.25, -0.2) is 17.5 Å². The van der Waals surface area contributed by atoms with Gasteiger partial charge in [-0.15, -0.1) is 11.6 Å². The van der Waals surface area contributed by atoms with Crippen LogP contribution in [0.15, 0.2) is 29.2 Å². The van der Waals surface area contributed by atoms with E-state index in [1.54, 1.807) is 13.8 Å². The molecule has 0 fully saturated rings. The minimum Gasteiger partial charge on any atom is -0.207 e. The number of sulfonamides is 1. The number of alkyl halides is 1. The van der Waals surface area contributed by atoms with Gasteiger partial charge >= 0.3 is 0 Å². The lowest BCUT2D eigenvalue weighted by molar-refractivity contribution is 0.496. The Balaban J connectivity index is 2.99. The van der Waals surface area contributed by atoms with Crippen LogP contribution in [0.5, 0.6) is 0 Å². The van der Waals surface area contributed by atoms with Crippen molar-refractivity contribution in [2.24, 2.45) is 0 Å². The monoisotopic (exact) mass is 265 g/mol. The Morgan fingerprint density at radius 2 is 1.81 bits per heavy atom. The van der Waals surface area contributed by atoms with E-state index in [4.69, 9.17) is 11.6 Å². The molecule has 0 aromatic heterocycles. The number of hydrogen-bond donors (Lipinski definition) is 1. The van der Waals surface area contributed by atoms with Gasteiger partial charge in [-0.2, -0.15) is 0 Å². The molecule has 0 heterocycles. The number of benzene rings is 1. The van der Waals surface area contributed by atoms with Crippen molar-refractivity contribution in [1.82, 2.24) is 4.72 Å². The summed E-state index contributed by atoms with van der Waals surface area (Å²) in [7, 11) is -3.65. The average Bonchev–Trinajstić information content (AvgIpc) is 2.17. The SMILES string of the molecule is CC(C)(CCl)NS(=O)(=O)c1ccc(F)cc1. The van der Waals surface area contributed by atoms with Gasteiger partial charge in [0.1, 0.15) is 5.82 Å². The van der Waals surface area contributed by atoms with Crippen molar-refractivity contribution in [3.8, 4) is 0 Å². The van der Waals surface area contributed by atoms with Crippen LogP contribution in [0.4, 0.5) is 4.39 Å². The molecule has 0 aliphatic rings. The molecular formula is C10H13ClFNO2S. The molecule has 6 heteroatoms. The van der Waals surface area contributed by atoms with Crippen LogP contribution in [0.1, 0.15) is 13.8 Å². The summed E-state index contributed by atoms with van der Waals surface area (Å²) < 4.78 is 38.7. The first-order valence-electron chi connectivity index (χ1n) is 4.62. The first-order chi connectivity index (χ1) is 7.27. The molecule has 0 amide bonds. The number of nitrogens with one attached hydrogen (secondary N) is 1. The van der Waals surface area contributed by atoms with E-state index in [1.807, 2.05) is 0 Å². The van der Waals surface area contributed by atoms with E-state index >= 15 is 0 Å². The van der Waals surface area contributed by atoms with E-state index < -0.39 is 21.4 Å². The zero-order valence-corrected chi connectivity index (χ0v) is 10.6. The lowest BCUT2D eigenvalue weighted by Crippen LogP contribution is -2.44. The number of hydrogen-bond acceptors (Lipinski definition) is 2. The van der Waals surface area contributed by atoms with Gasteiger partial charge in [0.25, 0.3) is 0 Å². The van der Waals surface area contributed by atoms with Crippen LogP contribution < -0.4 is 4.72 Å². The average molecular weight is 266 g/mol. The van der Waals surface area contributed by atoms with Crippen molar-refractivity contribution in [3.05, 3.63) is 30.1 Å². The standard InChI is InChI=1S/C10H13ClFNO2S/c1-10(2,7-11)13-16(14,15)9-5-3-8(12)4-6-9/h3-6,13H,7H2,1-2H3. The minimum absolute atomic E-state index is 0.0205. The molecule has 3 nitrogen and oxygen atoms in total. The Bertz CT molecular complexity index is 456. The highest BCUT2D eigenvalue weighted by atomic mass is 35.5. The third-order valence-corrected chi connectivity index (χ3v) is 4.25. The van der Waals surface area contributed by atoms with E-state index in [9.17, 15) is 12.8 Å². The highest BCUT2D eigenvalue weighted by Gasteiger charge is 2.25. The zero-order chi connectivity index (χ0) is 12.4. The van der Waals surface area contributed by atoms with E-state index in [-0.39, 0.29) is 10.8 Å². The van der Waals surface area contributed by atoms with Gasteiger partial charge in [0.15, 0.2) is 0 Å². The molecular weight excluding hydrogens is 253 g/mol. The van der Waals surface area contributed by atoms with Crippen LogP contribution in [-0.2, 0) is 10.0 Å². The molecule has 1 rings (SSSR count). The second-order valence-corrected chi connectivity index (χ2v) is 6.03. The van der Waals surface area contributed by atoms with Crippen LogP contribution in [0, 0.1) is 5.82 Å². The Morgan fingerprint density at radius 3 is 2.25 bits per heavy atom. The molecule has 90 valence electrons. The van der Waals surface area contributed by atoms with Crippen molar-refractivity contribution in [1.29, 1.82) is 0 Å². The summed E-state index contributed by atoms with van der Waals surface area (Å²) in [6.07, 6.45) is 0. The lowest BCUT2D eigenvalue weighted by Gasteiger charge is -2.22. The van der Waals surface area contributed by atoms with Gasteiger partial charge in [0.05, 0.1) is 4.90 Å². The van der Waals surface area contributed by atoms with Crippen LogP contribution in [0.2, 0.25) is 0 Å². The maximum atomic E-state index is 12.6. The van der Waals surface area contributed by atoms with Crippen LogP contribution in [0.3, 0.4) is 0 Å². The summed E-state index contributed by atoms with van der Waals surface area (Å²) in [5.74, 6) is -0.330. The molecule has 1 aromatic carbocycles. The summed E-state index contributed by atoms with van der Waals surface area (Å²) in [5, 5.41) is 0. The van der Waals surface area contributed by atoms with Crippen molar-refractivity contribution in [2.75, 3.05) is 5.88 Å². The predicted molar refractivity (Wildman–Crippen MR) is 61.5 cm³/mol. The largest absolute Gasteiger partial charge is 0.241 e. The summed E-state index contributed by atoms with van der Waals surface area (Å²) in [6, 6.07) is 4.62. The highest BCUT2D eigenvalue weighted by Crippen LogP contribution is 2.14. The molecule has 0 aliphatic carbocycles. The molecule has 1 N–H and O–H groups in total. The molecule has 0 unspecified atom stereocenters. The van der Waals surface area contributed by atoms with Crippen molar-refractivity contribution in [2.45, 2.75) is 24.3 Å². The summed E-state index contributed by atoms with van der Waals surface area (Å²) in [6.45, 7) is 3.34. The smallest absolute Gasteiger partial charge is 0.207 e. The van der Waals surface area contributed by atoms with E-state index in [0.29, 0.717) is 0 Å². The second kappa shape index (κ2) is 4.69. The highest BCUT2D eigenvalue weighted by molar-refractivity contribution is 7.89. The van der Waals surface area contributed by atoms with Crippen molar-refractivity contribution in [3.63, 3.8) is 0 Å². The van der Waals surface area contributed by atoms with Crippen molar-refractivity contribution >= 4 is 21.6 Å². The Labute approximate surface area is 99.7 Å². The van der Waals surface area contributed by atoms with E-state index in [2.05, 4.69) is 4.72 Å². The topological polar surface area (TPSA) is 46.2 Å². The van der Waals surface area contributed by atoms with Crippen LogP contribution in [0.25, 0.3) is 0 Å². The fraction of sp³-hybridized carbons (Fsp3) is 0.400. The van der Waals surface area contributed by atoms with E-state index in [0.717, 1.165) is 12.1 Å². The van der Waals surface area contributed by atoms with E-state index in [1.165, 1.54) is 12.1 Å². The zero-order valence-electron chi connectivity index (χ0n) is 9.00. The molecule has 0 bridgehead atoms. The molecule has 0 saturated heterocycles. The lowest BCUT2D eigenvalue weighted by atomic mass is 10.1. The summed E-state index contributed by atoms with van der Waals surface area (Å²) in [5.41, 5.74) is -0.741. The maximum Gasteiger partial charge on any atom is 0.241 e. The Kier molecular flexibility index (Phi) is 3.93. The summed E-state index contributed by atoms with van der Waals surface area (Å²) in [4.78, 5) is 0.0205. The maximum absolute atomic E-state index is 12.6. The predicted octanol–water partition coefficient (Wildman–Crippen LogP) is 2.12. The third kappa shape index (κ3) is 3.43. The molecule has 16 heavy (non-hydrogen) atoms. The molecule has 0 spiro atoms. The molecule has 0 atom stereocenters. The van der Waals surface area contributed by atoms with Gasteiger partial charge in [-0.3, -0.25) is 0 Å². The van der Waals surface area contributed by atoms with Crippen LogP contribution in [-0.4, -0.2) is 19.8 Å².